The van der Waals surface area contributed by atoms with Crippen molar-refractivity contribution in [3.63, 3.8) is 0 Å². The molecule has 0 bridgehead atoms. The van der Waals surface area contributed by atoms with Gasteiger partial charge in [0, 0.05) is 40.3 Å². The molecule has 0 atom stereocenters. The van der Waals surface area contributed by atoms with Gasteiger partial charge < -0.3 is 18.9 Å². The first-order valence-electron chi connectivity index (χ1n) is 5.83. The van der Waals surface area contributed by atoms with Crippen molar-refractivity contribution in [2.75, 3.05) is 27.4 Å². The van der Waals surface area contributed by atoms with Gasteiger partial charge in [-0.1, -0.05) is 0 Å². The molecular formula is C12H26O4. The molecule has 0 aromatic carbocycles. The standard InChI is InChI=1S/C12H26O4/c1-7-15-12(4,16-8-2)10-9-11(3,13-5)14-6/h7-10H2,1-6H3. The number of hydrogen-bond donors (Lipinski definition) is 0. The Morgan fingerprint density at radius 1 is 0.750 bits per heavy atom. The molecule has 0 aliphatic heterocycles. The number of hydrogen-bond acceptors (Lipinski definition) is 4. The first kappa shape index (κ1) is 15.8. The summed E-state index contributed by atoms with van der Waals surface area (Å²) < 4.78 is 21.9. The third-order valence-electron chi connectivity index (χ3n) is 2.80. The fourth-order valence-corrected chi connectivity index (χ4v) is 1.54. The van der Waals surface area contributed by atoms with Gasteiger partial charge >= 0.3 is 0 Å². The van der Waals surface area contributed by atoms with E-state index in [4.69, 9.17) is 18.9 Å². The van der Waals surface area contributed by atoms with Gasteiger partial charge in [0.1, 0.15) is 0 Å². The fraction of sp³-hybridized carbons (Fsp3) is 1.00. The molecule has 0 N–H and O–H groups in total. The molecule has 0 aliphatic rings. The van der Waals surface area contributed by atoms with Gasteiger partial charge in [0.2, 0.25) is 0 Å². The van der Waals surface area contributed by atoms with Gasteiger partial charge in [-0.15, -0.1) is 0 Å². The summed E-state index contributed by atoms with van der Waals surface area (Å²) in [4.78, 5) is 0. The van der Waals surface area contributed by atoms with E-state index >= 15 is 0 Å². The van der Waals surface area contributed by atoms with E-state index in [2.05, 4.69) is 0 Å². The van der Waals surface area contributed by atoms with Crippen LogP contribution >= 0.6 is 0 Å². The summed E-state index contributed by atoms with van der Waals surface area (Å²) in [7, 11) is 3.28. The lowest BCUT2D eigenvalue weighted by Crippen LogP contribution is -2.38. The van der Waals surface area contributed by atoms with Crippen molar-refractivity contribution in [3.8, 4) is 0 Å². The Morgan fingerprint density at radius 3 is 1.44 bits per heavy atom. The molecule has 0 radical (unpaired) electrons. The van der Waals surface area contributed by atoms with Crippen LogP contribution in [0.15, 0.2) is 0 Å². The normalized spacial score (nSPS) is 13.1. The Labute approximate surface area is 99.2 Å². The van der Waals surface area contributed by atoms with Gasteiger partial charge in [-0.3, -0.25) is 0 Å². The fourth-order valence-electron chi connectivity index (χ4n) is 1.54. The lowest BCUT2D eigenvalue weighted by molar-refractivity contribution is -0.250. The maximum absolute atomic E-state index is 5.62. The zero-order valence-electron chi connectivity index (χ0n) is 11.5. The summed E-state index contributed by atoms with van der Waals surface area (Å²) in [6, 6.07) is 0. The SMILES string of the molecule is CCOC(C)(CCC(C)(OC)OC)OCC. The molecule has 0 rings (SSSR count). The van der Waals surface area contributed by atoms with Crippen LogP contribution in [0.2, 0.25) is 0 Å². The van der Waals surface area contributed by atoms with Gasteiger partial charge in [0.25, 0.3) is 0 Å². The van der Waals surface area contributed by atoms with Crippen molar-refractivity contribution in [1.29, 1.82) is 0 Å². The zero-order chi connectivity index (χ0) is 12.7. The molecule has 16 heavy (non-hydrogen) atoms. The summed E-state index contributed by atoms with van der Waals surface area (Å²) in [6.45, 7) is 9.05. The largest absolute Gasteiger partial charge is 0.353 e. The highest BCUT2D eigenvalue weighted by atomic mass is 16.7. The van der Waals surface area contributed by atoms with Crippen molar-refractivity contribution in [2.45, 2.75) is 52.1 Å². The molecule has 98 valence electrons. The smallest absolute Gasteiger partial charge is 0.165 e. The van der Waals surface area contributed by atoms with E-state index in [-0.39, 0.29) is 0 Å². The summed E-state index contributed by atoms with van der Waals surface area (Å²) in [5, 5.41) is 0. The van der Waals surface area contributed by atoms with Crippen LogP contribution in [-0.4, -0.2) is 39.0 Å². The van der Waals surface area contributed by atoms with Gasteiger partial charge in [-0.25, -0.2) is 0 Å². The maximum Gasteiger partial charge on any atom is 0.165 e. The topological polar surface area (TPSA) is 36.9 Å². The maximum atomic E-state index is 5.62. The average Bonchev–Trinajstić information content (AvgIpc) is 2.27. The second kappa shape index (κ2) is 7.22. The van der Waals surface area contributed by atoms with Crippen LogP contribution in [0.5, 0.6) is 0 Å². The molecule has 0 fully saturated rings. The number of rotatable bonds is 9. The Bertz CT molecular complexity index is 172. The Hall–Kier alpha value is -0.160. The minimum absolute atomic E-state index is 0.554. The first-order chi connectivity index (χ1) is 7.45. The van der Waals surface area contributed by atoms with E-state index in [0.717, 1.165) is 12.8 Å². The third kappa shape index (κ3) is 5.25. The summed E-state index contributed by atoms with van der Waals surface area (Å²) in [6.07, 6.45) is 1.45. The van der Waals surface area contributed by atoms with E-state index in [1.165, 1.54) is 0 Å². The van der Waals surface area contributed by atoms with Crippen LogP contribution in [0.25, 0.3) is 0 Å². The van der Waals surface area contributed by atoms with Crippen molar-refractivity contribution < 1.29 is 18.9 Å². The van der Waals surface area contributed by atoms with E-state index in [1.54, 1.807) is 14.2 Å². The number of ether oxygens (including phenoxy) is 4. The molecule has 0 aliphatic carbocycles. The second-order valence-corrected chi connectivity index (χ2v) is 4.04. The van der Waals surface area contributed by atoms with Crippen molar-refractivity contribution >= 4 is 0 Å². The highest BCUT2D eigenvalue weighted by Gasteiger charge is 2.31. The summed E-state index contributed by atoms with van der Waals surface area (Å²) >= 11 is 0. The van der Waals surface area contributed by atoms with E-state index < -0.39 is 11.6 Å². The van der Waals surface area contributed by atoms with E-state index in [9.17, 15) is 0 Å². The average molecular weight is 234 g/mol. The highest BCUT2D eigenvalue weighted by molar-refractivity contribution is 4.70. The third-order valence-corrected chi connectivity index (χ3v) is 2.80. The highest BCUT2D eigenvalue weighted by Crippen LogP contribution is 2.26. The Balaban J connectivity index is 4.30. The van der Waals surface area contributed by atoms with Crippen molar-refractivity contribution in [3.05, 3.63) is 0 Å². The minimum atomic E-state index is -0.574. The minimum Gasteiger partial charge on any atom is -0.353 e. The van der Waals surface area contributed by atoms with Crippen molar-refractivity contribution in [1.82, 2.24) is 0 Å². The monoisotopic (exact) mass is 234 g/mol. The molecule has 0 saturated carbocycles. The van der Waals surface area contributed by atoms with Crippen LogP contribution in [0.3, 0.4) is 0 Å². The molecular weight excluding hydrogens is 208 g/mol. The predicted octanol–water partition coefficient (Wildman–Crippen LogP) is 2.56. The van der Waals surface area contributed by atoms with Crippen LogP contribution in [0.4, 0.5) is 0 Å². The van der Waals surface area contributed by atoms with Gasteiger partial charge in [0.05, 0.1) is 0 Å². The molecule has 0 heterocycles. The summed E-state index contributed by atoms with van der Waals surface area (Å²) in [5.74, 6) is -1.13. The van der Waals surface area contributed by atoms with Crippen molar-refractivity contribution in [2.24, 2.45) is 0 Å². The molecule has 0 amide bonds. The first-order valence-corrected chi connectivity index (χ1v) is 5.83. The molecule has 0 unspecified atom stereocenters. The Kier molecular flexibility index (Phi) is 7.15. The predicted molar refractivity (Wildman–Crippen MR) is 63.3 cm³/mol. The summed E-state index contributed by atoms with van der Waals surface area (Å²) in [5.41, 5.74) is 0. The second-order valence-electron chi connectivity index (χ2n) is 4.04. The van der Waals surface area contributed by atoms with Gasteiger partial charge in [-0.2, -0.15) is 0 Å². The van der Waals surface area contributed by atoms with Crippen LogP contribution in [0, 0.1) is 0 Å². The zero-order valence-corrected chi connectivity index (χ0v) is 11.5. The molecule has 0 aromatic heterocycles. The van der Waals surface area contributed by atoms with Gasteiger partial charge in [-0.05, 0) is 27.7 Å². The van der Waals surface area contributed by atoms with Crippen LogP contribution in [-0.2, 0) is 18.9 Å². The van der Waals surface area contributed by atoms with Gasteiger partial charge in [0.15, 0.2) is 11.6 Å². The van der Waals surface area contributed by atoms with E-state index in [1.807, 2.05) is 27.7 Å². The number of methoxy groups -OCH3 is 2. The molecule has 4 nitrogen and oxygen atoms in total. The molecule has 0 saturated heterocycles. The van der Waals surface area contributed by atoms with Crippen LogP contribution in [0.1, 0.15) is 40.5 Å². The molecule has 0 spiro atoms. The quantitative estimate of drug-likeness (QED) is 0.575. The molecule has 4 heteroatoms. The van der Waals surface area contributed by atoms with E-state index in [0.29, 0.717) is 13.2 Å². The lowest BCUT2D eigenvalue weighted by Gasteiger charge is -2.33. The Morgan fingerprint density at radius 2 is 1.12 bits per heavy atom. The molecule has 0 aromatic rings. The lowest BCUT2D eigenvalue weighted by atomic mass is 10.1. The van der Waals surface area contributed by atoms with Crippen LogP contribution < -0.4 is 0 Å².